The van der Waals surface area contributed by atoms with Crippen LogP contribution in [-0.2, 0) is 0 Å². The van der Waals surface area contributed by atoms with Gasteiger partial charge in [-0.25, -0.2) is 15.0 Å². The van der Waals surface area contributed by atoms with Gasteiger partial charge in [0.25, 0.3) is 0 Å². The van der Waals surface area contributed by atoms with Gasteiger partial charge in [0.1, 0.15) is 0 Å². The number of pyridine rings is 1. The Kier molecular flexibility index (Phi) is 8.51. The Labute approximate surface area is 326 Å². The number of aromatic nitrogens is 3. The molecule has 0 amide bonds. The lowest BCUT2D eigenvalue weighted by atomic mass is 9.91. The molecule has 8 aromatic carbocycles. The predicted molar refractivity (Wildman–Crippen MR) is 233 cm³/mol. The number of para-hydroxylation sites is 1. The second kappa shape index (κ2) is 14.4. The lowest BCUT2D eigenvalue weighted by Gasteiger charge is -2.16. The fourth-order valence-corrected chi connectivity index (χ4v) is 7.78. The molecule has 0 saturated heterocycles. The first-order valence-corrected chi connectivity index (χ1v) is 18.9. The molecule has 0 bridgehead atoms. The average molecular weight is 714 g/mol. The Morgan fingerprint density at radius 1 is 0.268 bits per heavy atom. The number of hydrogen-bond donors (Lipinski definition) is 0. The van der Waals surface area contributed by atoms with E-state index >= 15 is 0 Å². The van der Waals surface area contributed by atoms with E-state index in [1.54, 1.807) is 0 Å². The number of nitrogens with zero attached hydrogens (tertiary/aromatic N) is 3. The van der Waals surface area contributed by atoms with Gasteiger partial charge in [-0.2, -0.15) is 0 Å². The van der Waals surface area contributed by atoms with Crippen LogP contribution in [0.15, 0.2) is 212 Å². The van der Waals surface area contributed by atoms with Gasteiger partial charge in [0.15, 0.2) is 5.82 Å². The number of benzene rings is 8. The molecule has 0 N–H and O–H groups in total. The van der Waals surface area contributed by atoms with Gasteiger partial charge in [-0.3, -0.25) is 0 Å². The first kappa shape index (κ1) is 33.1. The van der Waals surface area contributed by atoms with Crippen molar-refractivity contribution in [3.63, 3.8) is 0 Å². The molecular formula is C53H35N3. The third-order valence-electron chi connectivity index (χ3n) is 10.5. The van der Waals surface area contributed by atoms with Crippen LogP contribution in [0.4, 0.5) is 0 Å². The lowest BCUT2D eigenvalue weighted by Crippen LogP contribution is -1.97. The van der Waals surface area contributed by atoms with Crippen molar-refractivity contribution in [1.82, 2.24) is 15.0 Å². The molecular weight excluding hydrogens is 679 g/mol. The molecule has 2 heterocycles. The standard InChI is InChI=1S/C53H35N3/c1-5-17-36(18-6-1)40-25-13-28-43(33-40)53-54-48(38-21-9-3-10-22-38)35-49(55-53)42-27-14-26-41(34-42)45-30-16-32-47-50-44(37-19-7-2-8-20-37)29-15-31-46(50)51(56-52(45)47)39-23-11-4-12-24-39/h1-35H. The molecule has 0 aliphatic heterocycles. The molecule has 0 atom stereocenters. The van der Waals surface area contributed by atoms with Crippen molar-refractivity contribution >= 4 is 21.7 Å². The number of fused-ring (bicyclic) bond motifs is 3. The van der Waals surface area contributed by atoms with E-state index in [4.69, 9.17) is 15.0 Å². The topological polar surface area (TPSA) is 38.7 Å². The minimum Gasteiger partial charge on any atom is -0.246 e. The van der Waals surface area contributed by atoms with E-state index < -0.39 is 0 Å². The highest BCUT2D eigenvalue weighted by atomic mass is 14.9. The van der Waals surface area contributed by atoms with Crippen LogP contribution >= 0.6 is 0 Å². The number of rotatable bonds is 7. The second-order valence-corrected chi connectivity index (χ2v) is 14.0. The molecule has 0 aliphatic carbocycles. The zero-order chi connectivity index (χ0) is 37.3. The maximum atomic E-state index is 5.50. The molecule has 0 saturated carbocycles. The van der Waals surface area contributed by atoms with E-state index in [1.807, 2.05) is 12.1 Å². The van der Waals surface area contributed by atoms with E-state index in [2.05, 4.69) is 200 Å². The fourth-order valence-electron chi connectivity index (χ4n) is 7.78. The average Bonchev–Trinajstić information content (AvgIpc) is 3.29. The normalized spacial score (nSPS) is 11.2. The summed E-state index contributed by atoms with van der Waals surface area (Å²) in [7, 11) is 0. The smallest absolute Gasteiger partial charge is 0.160 e. The van der Waals surface area contributed by atoms with Gasteiger partial charge < -0.3 is 0 Å². The minimum absolute atomic E-state index is 0.684. The van der Waals surface area contributed by atoms with Gasteiger partial charge in [-0.05, 0) is 46.0 Å². The van der Waals surface area contributed by atoms with Crippen molar-refractivity contribution in [2.45, 2.75) is 0 Å². The zero-order valence-electron chi connectivity index (χ0n) is 30.5. The first-order valence-electron chi connectivity index (χ1n) is 18.9. The molecule has 10 aromatic rings. The van der Waals surface area contributed by atoms with E-state index in [1.165, 1.54) is 16.5 Å². The van der Waals surface area contributed by atoms with Gasteiger partial charge in [0.05, 0.1) is 22.6 Å². The lowest BCUT2D eigenvalue weighted by molar-refractivity contribution is 1.18. The second-order valence-electron chi connectivity index (χ2n) is 14.0. The van der Waals surface area contributed by atoms with Crippen molar-refractivity contribution < 1.29 is 0 Å². The van der Waals surface area contributed by atoms with Gasteiger partial charge in [0.2, 0.25) is 0 Å². The van der Waals surface area contributed by atoms with Crippen molar-refractivity contribution in [3.05, 3.63) is 212 Å². The number of hydrogen-bond acceptors (Lipinski definition) is 3. The molecule has 10 rings (SSSR count). The molecule has 3 heteroatoms. The minimum atomic E-state index is 0.684. The van der Waals surface area contributed by atoms with E-state index in [0.717, 1.165) is 77.9 Å². The largest absolute Gasteiger partial charge is 0.246 e. The quantitative estimate of drug-likeness (QED) is 0.154. The Bertz CT molecular complexity index is 3000. The Morgan fingerprint density at radius 3 is 1.45 bits per heavy atom. The van der Waals surface area contributed by atoms with Gasteiger partial charge >= 0.3 is 0 Å². The summed E-state index contributed by atoms with van der Waals surface area (Å²) in [5.41, 5.74) is 14.6. The monoisotopic (exact) mass is 713 g/mol. The third kappa shape index (κ3) is 6.21. The van der Waals surface area contributed by atoms with Crippen LogP contribution in [0, 0.1) is 0 Å². The molecule has 2 aromatic heterocycles. The van der Waals surface area contributed by atoms with Crippen LogP contribution in [0.1, 0.15) is 0 Å². The first-order chi connectivity index (χ1) is 27.8. The maximum absolute atomic E-state index is 5.50. The predicted octanol–water partition coefficient (Wildman–Crippen LogP) is 13.8. The molecule has 56 heavy (non-hydrogen) atoms. The summed E-state index contributed by atoms with van der Waals surface area (Å²) in [5, 5.41) is 3.46. The fraction of sp³-hybridized carbons (Fsp3) is 0. The van der Waals surface area contributed by atoms with Crippen LogP contribution in [-0.4, -0.2) is 15.0 Å². The van der Waals surface area contributed by atoms with Crippen LogP contribution < -0.4 is 0 Å². The summed E-state index contributed by atoms with van der Waals surface area (Å²) in [5.74, 6) is 0.684. The Balaban J connectivity index is 1.16. The maximum Gasteiger partial charge on any atom is 0.160 e. The van der Waals surface area contributed by atoms with E-state index in [0.29, 0.717) is 5.82 Å². The van der Waals surface area contributed by atoms with Crippen LogP contribution in [0.2, 0.25) is 0 Å². The Hall–Kier alpha value is -7.49. The third-order valence-corrected chi connectivity index (χ3v) is 10.5. The molecule has 3 nitrogen and oxygen atoms in total. The zero-order valence-corrected chi connectivity index (χ0v) is 30.5. The highest BCUT2D eigenvalue weighted by molar-refractivity contribution is 6.19. The summed E-state index contributed by atoms with van der Waals surface area (Å²) in [6, 6.07) is 74.4. The van der Waals surface area contributed by atoms with Gasteiger partial charge in [0, 0.05) is 44.0 Å². The summed E-state index contributed by atoms with van der Waals surface area (Å²) in [4.78, 5) is 15.9. The molecule has 262 valence electrons. The molecule has 0 radical (unpaired) electrons. The van der Waals surface area contributed by atoms with Gasteiger partial charge in [-0.1, -0.05) is 194 Å². The highest BCUT2D eigenvalue weighted by Gasteiger charge is 2.18. The summed E-state index contributed by atoms with van der Waals surface area (Å²) in [6.45, 7) is 0. The molecule has 0 fully saturated rings. The Morgan fingerprint density at radius 2 is 0.750 bits per heavy atom. The molecule has 0 spiro atoms. The van der Waals surface area contributed by atoms with Crippen molar-refractivity contribution in [1.29, 1.82) is 0 Å². The van der Waals surface area contributed by atoms with Crippen LogP contribution in [0.25, 0.3) is 100 Å². The highest BCUT2D eigenvalue weighted by Crippen LogP contribution is 2.42. The van der Waals surface area contributed by atoms with E-state index in [9.17, 15) is 0 Å². The van der Waals surface area contributed by atoms with Crippen molar-refractivity contribution in [2.24, 2.45) is 0 Å². The molecule has 0 unspecified atom stereocenters. The molecule has 0 aliphatic rings. The van der Waals surface area contributed by atoms with Crippen molar-refractivity contribution in [2.75, 3.05) is 0 Å². The van der Waals surface area contributed by atoms with E-state index in [-0.39, 0.29) is 0 Å². The van der Waals surface area contributed by atoms with Crippen molar-refractivity contribution in [3.8, 4) is 78.5 Å². The van der Waals surface area contributed by atoms with Crippen LogP contribution in [0.5, 0.6) is 0 Å². The van der Waals surface area contributed by atoms with Gasteiger partial charge in [-0.15, -0.1) is 0 Å². The summed E-state index contributed by atoms with van der Waals surface area (Å²) < 4.78 is 0. The SMILES string of the molecule is c1ccc(-c2cccc(-c3nc(-c4ccccc4)cc(-c4cccc(-c5cccc6c5nc(-c5ccccc5)c5cccc(-c7ccccc7)c56)c4)n3)c2)cc1. The van der Waals surface area contributed by atoms with Crippen LogP contribution in [0.3, 0.4) is 0 Å². The summed E-state index contributed by atoms with van der Waals surface area (Å²) >= 11 is 0. The summed E-state index contributed by atoms with van der Waals surface area (Å²) in [6.07, 6.45) is 0.